The average Bonchev–Trinajstić information content (AvgIpc) is 3.43. The number of likely N-dealkylation sites (N-methyl/N-ethyl adjacent to an activating group) is 1. The van der Waals surface area contributed by atoms with Gasteiger partial charge in [0.25, 0.3) is 0 Å². The molecule has 0 spiro atoms. The summed E-state index contributed by atoms with van der Waals surface area (Å²) in [7, 11) is 1.97. The number of hydrogen-bond donors (Lipinski definition) is 0. The molecule has 1 aromatic heterocycles. The van der Waals surface area contributed by atoms with Gasteiger partial charge >= 0.3 is 6.18 Å². The van der Waals surface area contributed by atoms with Gasteiger partial charge in [-0.25, -0.2) is 4.98 Å². The predicted molar refractivity (Wildman–Crippen MR) is 90.7 cm³/mol. The highest BCUT2D eigenvalue weighted by Crippen LogP contribution is 2.43. The molecule has 5 nitrogen and oxygen atoms in total. The zero-order valence-corrected chi connectivity index (χ0v) is 15.2. The van der Waals surface area contributed by atoms with Crippen LogP contribution in [0.15, 0.2) is 11.1 Å². The molecule has 1 aromatic rings. The number of aromatic nitrogens is 1. The van der Waals surface area contributed by atoms with Gasteiger partial charge in [0.15, 0.2) is 0 Å². The first-order chi connectivity index (χ1) is 12.3. The first-order valence-corrected chi connectivity index (χ1v) is 9.39. The fraction of sp³-hybridized carbons (Fsp3) is 0.588. The Morgan fingerprint density at radius 3 is 2.54 bits per heavy atom. The number of carbonyl (C=O) groups excluding carboxylic acids is 1. The lowest BCUT2D eigenvalue weighted by atomic mass is 10.1. The standard InChI is InChI=1S/C17H19F3N4OS/c1-23-4-6-24(7-5-23)15(25)10-26-16-12(9-21)13(17(18,19)20)8-14(22-16)11-2-3-11/h8,11H,2-7,10H2,1H3. The van der Waals surface area contributed by atoms with E-state index in [2.05, 4.69) is 9.88 Å². The van der Waals surface area contributed by atoms with Crippen LogP contribution < -0.4 is 0 Å². The van der Waals surface area contributed by atoms with E-state index in [9.17, 15) is 23.2 Å². The van der Waals surface area contributed by atoms with Gasteiger partial charge in [0.1, 0.15) is 11.1 Å². The summed E-state index contributed by atoms with van der Waals surface area (Å²) in [5.74, 6) is -0.132. The molecule has 1 saturated carbocycles. The van der Waals surface area contributed by atoms with Crippen LogP contribution in [0.1, 0.15) is 35.6 Å². The van der Waals surface area contributed by atoms with Gasteiger partial charge in [-0.2, -0.15) is 18.4 Å². The van der Waals surface area contributed by atoms with E-state index >= 15 is 0 Å². The van der Waals surface area contributed by atoms with Crippen molar-refractivity contribution in [2.45, 2.75) is 30.0 Å². The summed E-state index contributed by atoms with van der Waals surface area (Å²) in [5, 5.41) is 9.25. The summed E-state index contributed by atoms with van der Waals surface area (Å²) in [4.78, 5) is 20.4. The Labute approximate surface area is 154 Å². The van der Waals surface area contributed by atoms with E-state index in [0.717, 1.165) is 43.8 Å². The van der Waals surface area contributed by atoms with Crippen LogP contribution in [-0.2, 0) is 11.0 Å². The number of nitrogens with zero attached hydrogens (tertiary/aromatic N) is 4. The molecule has 0 unspecified atom stereocenters. The molecule has 0 bridgehead atoms. The molecule has 1 aliphatic heterocycles. The molecule has 2 aliphatic rings. The van der Waals surface area contributed by atoms with Crippen molar-refractivity contribution in [1.29, 1.82) is 5.26 Å². The number of amides is 1. The number of hydrogen-bond acceptors (Lipinski definition) is 5. The smallest absolute Gasteiger partial charge is 0.339 e. The van der Waals surface area contributed by atoms with Crippen LogP contribution in [0.3, 0.4) is 0 Å². The topological polar surface area (TPSA) is 60.2 Å². The molecule has 2 heterocycles. The van der Waals surface area contributed by atoms with Gasteiger partial charge in [0.2, 0.25) is 5.91 Å². The third-order valence-electron chi connectivity index (χ3n) is 4.61. The van der Waals surface area contributed by atoms with E-state index in [-0.39, 0.29) is 22.6 Å². The molecule has 0 atom stereocenters. The van der Waals surface area contributed by atoms with Crippen LogP contribution >= 0.6 is 11.8 Å². The minimum atomic E-state index is -4.62. The van der Waals surface area contributed by atoms with Gasteiger partial charge in [0, 0.05) is 37.8 Å². The summed E-state index contributed by atoms with van der Waals surface area (Å²) in [6, 6.07) is 2.62. The zero-order chi connectivity index (χ0) is 18.9. The van der Waals surface area contributed by atoms with Crippen molar-refractivity contribution in [3.8, 4) is 6.07 Å². The SMILES string of the molecule is CN1CCN(C(=O)CSc2nc(C3CC3)cc(C(F)(F)F)c2C#N)CC1. The molecule has 1 aliphatic carbocycles. The summed E-state index contributed by atoms with van der Waals surface area (Å²) in [6.07, 6.45) is -3.00. The number of piperazine rings is 1. The Morgan fingerprint density at radius 1 is 1.35 bits per heavy atom. The Morgan fingerprint density at radius 2 is 2.00 bits per heavy atom. The number of pyridine rings is 1. The minimum absolute atomic E-state index is 0.00621. The second-order valence-corrected chi connectivity index (χ2v) is 7.60. The maximum atomic E-state index is 13.3. The molecule has 1 amide bonds. The Bertz CT molecular complexity index is 735. The molecule has 2 fully saturated rings. The van der Waals surface area contributed by atoms with Crippen molar-refractivity contribution < 1.29 is 18.0 Å². The van der Waals surface area contributed by atoms with E-state index in [4.69, 9.17) is 0 Å². The highest BCUT2D eigenvalue weighted by molar-refractivity contribution is 8.00. The third kappa shape index (κ3) is 4.30. The molecular weight excluding hydrogens is 365 g/mol. The fourth-order valence-electron chi connectivity index (χ4n) is 2.84. The van der Waals surface area contributed by atoms with E-state index in [1.54, 1.807) is 11.0 Å². The van der Waals surface area contributed by atoms with Crippen molar-refractivity contribution in [3.63, 3.8) is 0 Å². The molecule has 0 aromatic carbocycles. The lowest BCUT2D eigenvalue weighted by Crippen LogP contribution is -2.47. The molecule has 9 heteroatoms. The Hall–Kier alpha value is -1.79. The van der Waals surface area contributed by atoms with E-state index in [0.29, 0.717) is 18.8 Å². The number of rotatable bonds is 4. The van der Waals surface area contributed by atoms with Gasteiger partial charge in [-0.05, 0) is 26.0 Å². The fourth-order valence-corrected chi connectivity index (χ4v) is 3.75. The predicted octanol–water partition coefficient (Wildman–Crippen LogP) is 2.72. The van der Waals surface area contributed by atoms with Crippen LogP contribution in [0.2, 0.25) is 0 Å². The Balaban J connectivity index is 1.79. The van der Waals surface area contributed by atoms with Gasteiger partial charge in [-0.15, -0.1) is 0 Å². The molecule has 26 heavy (non-hydrogen) atoms. The largest absolute Gasteiger partial charge is 0.417 e. The van der Waals surface area contributed by atoms with Crippen LogP contribution in [-0.4, -0.2) is 59.7 Å². The highest BCUT2D eigenvalue weighted by atomic mass is 32.2. The summed E-state index contributed by atoms with van der Waals surface area (Å²) >= 11 is 0.925. The molecule has 140 valence electrons. The first kappa shape index (κ1) is 19.0. The van der Waals surface area contributed by atoms with Crippen molar-refractivity contribution in [3.05, 3.63) is 22.9 Å². The average molecular weight is 384 g/mol. The molecular formula is C17H19F3N4OS. The van der Waals surface area contributed by atoms with Crippen LogP contribution in [0.5, 0.6) is 0 Å². The van der Waals surface area contributed by atoms with Gasteiger partial charge in [-0.3, -0.25) is 4.79 Å². The normalized spacial score (nSPS) is 18.7. The second kappa shape index (κ2) is 7.45. The molecule has 0 N–H and O–H groups in total. The first-order valence-electron chi connectivity index (χ1n) is 8.41. The molecule has 0 radical (unpaired) electrons. The Kier molecular flexibility index (Phi) is 5.44. The molecule has 3 rings (SSSR count). The summed E-state index contributed by atoms with van der Waals surface area (Å²) in [6.45, 7) is 2.75. The minimum Gasteiger partial charge on any atom is -0.339 e. The number of halogens is 3. The number of thioether (sulfide) groups is 1. The maximum absolute atomic E-state index is 13.3. The van der Waals surface area contributed by atoms with Crippen molar-refractivity contribution in [2.24, 2.45) is 0 Å². The number of nitriles is 1. The van der Waals surface area contributed by atoms with E-state index in [1.807, 2.05) is 7.05 Å². The maximum Gasteiger partial charge on any atom is 0.417 e. The van der Waals surface area contributed by atoms with Crippen LogP contribution in [0.25, 0.3) is 0 Å². The van der Waals surface area contributed by atoms with E-state index < -0.39 is 17.3 Å². The van der Waals surface area contributed by atoms with Gasteiger partial charge in [-0.1, -0.05) is 11.8 Å². The lowest BCUT2D eigenvalue weighted by Gasteiger charge is -2.32. The van der Waals surface area contributed by atoms with Crippen molar-refractivity contribution in [1.82, 2.24) is 14.8 Å². The monoisotopic (exact) mass is 384 g/mol. The highest BCUT2D eigenvalue weighted by Gasteiger charge is 2.38. The third-order valence-corrected chi connectivity index (χ3v) is 5.57. The van der Waals surface area contributed by atoms with Crippen LogP contribution in [0.4, 0.5) is 13.2 Å². The lowest BCUT2D eigenvalue weighted by molar-refractivity contribution is -0.138. The summed E-state index contributed by atoms with van der Waals surface area (Å²) < 4.78 is 40.0. The van der Waals surface area contributed by atoms with E-state index in [1.165, 1.54) is 0 Å². The quantitative estimate of drug-likeness (QED) is 0.747. The van der Waals surface area contributed by atoms with Crippen molar-refractivity contribution >= 4 is 17.7 Å². The van der Waals surface area contributed by atoms with Gasteiger partial charge < -0.3 is 9.80 Å². The zero-order valence-electron chi connectivity index (χ0n) is 14.3. The van der Waals surface area contributed by atoms with Crippen LogP contribution in [0, 0.1) is 11.3 Å². The molecule has 1 saturated heterocycles. The summed E-state index contributed by atoms with van der Waals surface area (Å²) in [5.41, 5.74) is -1.07. The second-order valence-electron chi connectivity index (χ2n) is 6.63. The number of alkyl halides is 3. The van der Waals surface area contributed by atoms with Gasteiger partial charge in [0.05, 0.1) is 16.9 Å². The van der Waals surface area contributed by atoms with Crippen molar-refractivity contribution in [2.75, 3.05) is 39.0 Å². The number of carbonyl (C=O) groups is 1.